The smallest absolute Gasteiger partial charge is 0.211 e. The maximum Gasteiger partial charge on any atom is 0.211 e. The molecule has 2 fully saturated rings. The van der Waals surface area contributed by atoms with Crippen LogP contribution in [0.25, 0.3) is 0 Å². The summed E-state index contributed by atoms with van der Waals surface area (Å²) in [6.07, 6.45) is 8.34. The second-order valence-corrected chi connectivity index (χ2v) is 8.14. The second kappa shape index (κ2) is 7.73. The quantitative estimate of drug-likeness (QED) is 0.589. The molecule has 0 radical (unpaired) electrons. The molecule has 0 spiro atoms. The molecule has 2 saturated carbocycles. The van der Waals surface area contributed by atoms with Crippen molar-refractivity contribution >= 4 is 10.0 Å². The van der Waals surface area contributed by atoms with Crippen molar-refractivity contribution in [3.63, 3.8) is 0 Å². The summed E-state index contributed by atoms with van der Waals surface area (Å²) in [6, 6.07) is 1.31. The van der Waals surface area contributed by atoms with Crippen LogP contribution in [0.5, 0.6) is 0 Å². The average molecular weight is 303 g/mol. The monoisotopic (exact) mass is 303 g/mol. The molecular formula is C14H29N3O2S. The zero-order valence-electron chi connectivity index (χ0n) is 12.6. The van der Waals surface area contributed by atoms with E-state index >= 15 is 0 Å². The molecule has 20 heavy (non-hydrogen) atoms. The Morgan fingerprint density at radius 3 is 2.45 bits per heavy atom. The highest BCUT2D eigenvalue weighted by Gasteiger charge is 2.21. The molecule has 0 aromatic rings. The van der Waals surface area contributed by atoms with Gasteiger partial charge in [0.2, 0.25) is 10.0 Å². The Morgan fingerprint density at radius 2 is 1.80 bits per heavy atom. The number of nitrogens with zero attached hydrogens (tertiary/aromatic N) is 1. The van der Waals surface area contributed by atoms with Gasteiger partial charge in [0.1, 0.15) is 0 Å². The highest BCUT2D eigenvalue weighted by Crippen LogP contribution is 2.21. The Balaban J connectivity index is 1.53. The number of nitrogens with one attached hydrogen (secondary N) is 2. The first-order valence-electron chi connectivity index (χ1n) is 7.98. The van der Waals surface area contributed by atoms with E-state index < -0.39 is 10.0 Å². The molecule has 0 amide bonds. The van der Waals surface area contributed by atoms with Gasteiger partial charge >= 0.3 is 0 Å². The van der Waals surface area contributed by atoms with Gasteiger partial charge in [-0.05, 0) is 45.7 Å². The summed E-state index contributed by atoms with van der Waals surface area (Å²) in [5, 5.41) is 3.34. The van der Waals surface area contributed by atoms with Gasteiger partial charge in [0.15, 0.2) is 0 Å². The fourth-order valence-corrected chi connectivity index (χ4v) is 3.90. The zero-order valence-corrected chi connectivity index (χ0v) is 13.4. The van der Waals surface area contributed by atoms with E-state index in [0.717, 1.165) is 13.1 Å². The molecule has 5 nitrogen and oxygen atoms in total. The van der Waals surface area contributed by atoms with E-state index in [4.69, 9.17) is 0 Å². The van der Waals surface area contributed by atoms with E-state index in [9.17, 15) is 8.42 Å². The third kappa shape index (κ3) is 6.08. The van der Waals surface area contributed by atoms with Crippen LogP contribution in [0.1, 0.15) is 44.9 Å². The van der Waals surface area contributed by atoms with Gasteiger partial charge in [-0.15, -0.1) is 0 Å². The number of rotatable bonds is 10. The first-order valence-corrected chi connectivity index (χ1v) is 9.63. The van der Waals surface area contributed by atoms with Crippen LogP contribution in [0.4, 0.5) is 0 Å². The molecule has 118 valence electrons. The molecule has 0 atom stereocenters. The predicted molar refractivity (Wildman–Crippen MR) is 82.3 cm³/mol. The van der Waals surface area contributed by atoms with Gasteiger partial charge in [-0.25, -0.2) is 13.1 Å². The predicted octanol–water partition coefficient (Wildman–Crippen LogP) is 0.922. The van der Waals surface area contributed by atoms with Crippen molar-refractivity contribution < 1.29 is 8.42 Å². The molecule has 0 saturated heterocycles. The maximum absolute atomic E-state index is 11.8. The SMILES string of the molecule is CN(CCNS(=O)(=O)CCCNC1CC1)C1CCCC1. The van der Waals surface area contributed by atoms with Crippen LogP contribution in [0, 0.1) is 0 Å². The molecular weight excluding hydrogens is 274 g/mol. The third-order valence-electron chi connectivity index (χ3n) is 4.33. The lowest BCUT2D eigenvalue weighted by Gasteiger charge is -2.23. The minimum absolute atomic E-state index is 0.236. The van der Waals surface area contributed by atoms with Crippen LogP contribution in [-0.2, 0) is 10.0 Å². The average Bonchev–Trinajstić information content (AvgIpc) is 3.05. The Kier molecular flexibility index (Phi) is 6.26. The highest BCUT2D eigenvalue weighted by molar-refractivity contribution is 7.89. The van der Waals surface area contributed by atoms with E-state index in [-0.39, 0.29) is 5.75 Å². The summed E-state index contributed by atoms with van der Waals surface area (Å²) >= 11 is 0. The molecule has 0 aliphatic heterocycles. The second-order valence-electron chi connectivity index (χ2n) is 6.21. The van der Waals surface area contributed by atoms with Crippen molar-refractivity contribution in [2.45, 2.75) is 57.0 Å². The lowest BCUT2D eigenvalue weighted by Crippen LogP contribution is -2.38. The minimum Gasteiger partial charge on any atom is -0.314 e. The molecule has 6 heteroatoms. The number of sulfonamides is 1. The Morgan fingerprint density at radius 1 is 1.10 bits per heavy atom. The summed E-state index contributed by atoms with van der Waals surface area (Å²) in [6.45, 7) is 2.16. The first kappa shape index (κ1) is 16.2. The fourth-order valence-electron chi connectivity index (χ4n) is 2.83. The van der Waals surface area contributed by atoms with E-state index in [1.165, 1.54) is 38.5 Å². The lowest BCUT2D eigenvalue weighted by molar-refractivity contribution is 0.250. The van der Waals surface area contributed by atoms with Gasteiger partial charge < -0.3 is 10.2 Å². The molecule has 0 heterocycles. The number of likely N-dealkylation sites (N-methyl/N-ethyl adjacent to an activating group) is 1. The summed E-state index contributed by atoms with van der Waals surface area (Å²) < 4.78 is 26.4. The summed E-state index contributed by atoms with van der Waals surface area (Å²) in [4.78, 5) is 2.30. The van der Waals surface area contributed by atoms with E-state index in [0.29, 0.717) is 25.0 Å². The van der Waals surface area contributed by atoms with Gasteiger partial charge in [0, 0.05) is 25.2 Å². The largest absolute Gasteiger partial charge is 0.314 e. The molecule has 2 aliphatic rings. The third-order valence-corrected chi connectivity index (χ3v) is 5.80. The Hall–Kier alpha value is -0.170. The van der Waals surface area contributed by atoms with E-state index in [2.05, 4.69) is 22.0 Å². The van der Waals surface area contributed by atoms with Gasteiger partial charge in [0.25, 0.3) is 0 Å². The van der Waals surface area contributed by atoms with Crippen LogP contribution in [0.15, 0.2) is 0 Å². The molecule has 2 N–H and O–H groups in total. The van der Waals surface area contributed by atoms with Gasteiger partial charge in [-0.3, -0.25) is 0 Å². The summed E-state index contributed by atoms with van der Waals surface area (Å²) in [5.74, 6) is 0.236. The zero-order chi connectivity index (χ0) is 14.4. The standard InChI is InChI=1S/C14H29N3O2S/c1-17(14-5-2-3-6-14)11-10-16-20(18,19)12-4-9-15-13-7-8-13/h13-16H,2-12H2,1H3. The maximum atomic E-state index is 11.8. The number of hydrogen-bond donors (Lipinski definition) is 2. The minimum atomic E-state index is -3.09. The van der Waals surface area contributed by atoms with Crippen molar-refractivity contribution in [1.29, 1.82) is 0 Å². The van der Waals surface area contributed by atoms with Crippen molar-refractivity contribution in [2.75, 3.05) is 32.4 Å². The van der Waals surface area contributed by atoms with Crippen molar-refractivity contribution in [3.05, 3.63) is 0 Å². The van der Waals surface area contributed by atoms with Crippen molar-refractivity contribution in [1.82, 2.24) is 14.9 Å². The van der Waals surface area contributed by atoms with Crippen LogP contribution in [-0.4, -0.2) is 57.8 Å². The van der Waals surface area contributed by atoms with Crippen LogP contribution >= 0.6 is 0 Å². The normalized spacial score (nSPS) is 20.9. The van der Waals surface area contributed by atoms with Crippen LogP contribution in [0.3, 0.4) is 0 Å². The highest BCUT2D eigenvalue weighted by atomic mass is 32.2. The topological polar surface area (TPSA) is 61.4 Å². The molecule has 0 aromatic carbocycles. The summed E-state index contributed by atoms with van der Waals surface area (Å²) in [5.41, 5.74) is 0. The Labute approximate surface area is 123 Å². The molecule has 2 aliphatic carbocycles. The van der Waals surface area contributed by atoms with Crippen molar-refractivity contribution in [3.8, 4) is 0 Å². The van der Waals surface area contributed by atoms with Gasteiger partial charge in [0.05, 0.1) is 5.75 Å². The van der Waals surface area contributed by atoms with Gasteiger partial charge in [-0.2, -0.15) is 0 Å². The fraction of sp³-hybridized carbons (Fsp3) is 1.00. The molecule has 2 rings (SSSR count). The lowest BCUT2D eigenvalue weighted by atomic mass is 10.2. The molecule has 0 unspecified atom stereocenters. The van der Waals surface area contributed by atoms with Gasteiger partial charge in [-0.1, -0.05) is 12.8 Å². The molecule has 0 bridgehead atoms. The van der Waals surface area contributed by atoms with Crippen molar-refractivity contribution in [2.24, 2.45) is 0 Å². The first-order chi connectivity index (χ1) is 9.57. The summed E-state index contributed by atoms with van der Waals surface area (Å²) in [7, 11) is -0.994. The van der Waals surface area contributed by atoms with E-state index in [1.54, 1.807) is 0 Å². The Bertz CT molecular complexity index is 376. The van der Waals surface area contributed by atoms with Crippen LogP contribution < -0.4 is 10.0 Å². The molecule has 0 aromatic heterocycles. The number of hydrogen-bond acceptors (Lipinski definition) is 4. The van der Waals surface area contributed by atoms with Crippen LogP contribution in [0.2, 0.25) is 0 Å². The van der Waals surface area contributed by atoms with E-state index in [1.807, 2.05) is 0 Å².